The van der Waals surface area contributed by atoms with Gasteiger partial charge in [-0.2, -0.15) is 5.10 Å². The third kappa shape index (κ3) is 2.17. The Balaban J connectivity index is 2.44. The van der Waals surface area contributed by atoms with Crippen LogP contribution in [-0.4, -0.2) is 26.8 Å². The van der Waals surface area contributed by atoms with Crippen LogP contribution in [0, 0.1) is 0 Å². The maximum atomic E-state index is 11.4. The highest BCUT2D eigenvalue weighted by Gasteiger charge is 2.05. The molecule has 0 saturated carbocycles. The summed E-state index contributed by atoms with van der Waals surface area (Å²) in [6.07, 6.45) is 3.48. The first-order chi connectivity index (χ1) is 7.69. The Bertz CT molecular complexity index is 542. The lowest BCUT2D eigenvalue weighted by Crippen LogP contribution is -2.14. The molecule has 0 spiro atoms. The normalized spacial score (nSPS) is 10.6. The number of nitrogens with zero attached hydrogens (tertiary/aromatic N) is 3. The van der Waals surface area contributed by atoms with E-state index >= 15 is 0 Å². The zero-order valence-electron chi connectivity index (χ0n) is 9.19. The van der Waals surface area contributed by atoms with Gasteiger partial charge in [0.1, 0.15) is 5.82 Å². The SMILES string of the molecule is CNCc1cc(=O)[nH]c(-c2cnn(C)c2)n1. The van der Waals surface area contributed by atoms with E-state index in [2.05, 4.69) is 20.4 Å². The van der Waals surface area contributed by atoms with Crippen LogP contribution in [0.25, 0.3) is 11.4 Å². The largest absolute Gasteiger partial charge is 0.314 e. The highest BCUT2D eigenvalue weighted by molar-refractivity contribution is 5.51. The highest BCUT2D eigenvalue weighted by Crippen LogP contribution is 2.11. The molecule has 2 N–H and O–H groups in total. The average Bonchev–Trinajstić information content (AvgIpc) is 2.64. The van der Waals surface area contributed by atoms with Crippen LogP contribution in [0.5, 0.6) is 0 Å². The molecule has 0 bridgehead atoms. The Hall–Kier alpha value is -1.95. The lowest BCUT2D eigenvalue weighted by molar-refractivity contribution is 0.767. The van der Waals surface area contributed by atoms with E-state index in [9.17, 15) is 4.79 Å². The highest BCUT2D eigenvalue weighted by atomic mass is 16.1. The molecular formula is C10H13N5O. The van der Waals surface area contributed by atoms with E-state index < -0.39 is 0 Å². The van der Waals surface area contributed by atoms with Crippen molar-refractivity contribution in [2.75, 3.05) is 7.05 Å². The molecule has 0 radical (unpaired) electrons. The first kappa shape index (κ1) is 10.6. The summed E-state index contributed by atoms with van der Waals surface area (Å²) in [5.41, 5.74) is 1.36. The molecule has 0 atom stereocenters. The third-order valence-electron chi connectivity index (χ3n) is 2.13. The topological polar surface area (TPSA) is 75.6 Å². The molecular weight excluding hydrogens is 206 g/mol. The Morgan fingerprint density at radius 3 is 3.00 bits per heavy atom. The Labute approximate surface area is 92.3 Å². The number of aromatic amines is 1. The molecule has 0 aliphatic carbocycles. The van der Waals surface area contributed by atoms with Gasteiger partial charge in [0, 0.05) is 25.9 Å². The van der Waals surface area contributed by atoms with Gasteiger partial charge in [-0.25, -0.2) is 4.98 Å². The van der Waals surface area contributed by atoms with Crippen molar-refractivity contribution in [1.29, 1.82) is 0 Å². The van der Waals surface area contributed by atoms with Gasteiger partial charge in [-0.15, -0.1) is 0 Å². The average molecular weight is 219 g/mol. The van der Waals surface area contributed by atoms with Gasteiger partial charge < -0.3 is 10.3 Å². The Morgan fingerprint density at radius 2 is 2.38 bits per heavy atom. The van der Waals surface area contributed by atoms with Crippen molar-refractivity contribution in [3.63, 3.8) is 0 Å². The van der Waals surface area contributed by atoms with Crippen LogP contribution in [0.4, 0.5) is 0 Å². The van der Waals surface area contributed by atoms with Crippen LogP contribution in [0.1, 0.15) is 5.69 Å². The summed E-state index contributed by atoms with van der Waals surface area (Å²) < 4.78 is 1.67. The minimum absolute atomic E-state index is 0.154. The van der Waals surface area contributed by atoms with Crippen LogP contribution >= 0.6 is 0 Å². The molecule has 0 fully saturated rings. The van der Waals surface area contributed by atoms with Gasteiger partial charge in [0.15, 0.2) is 0 Å². The summed E-state index contributed by atoms with van der Waals surface area (Å²) >= 11 is 0. The van der Waals surface area contributed by atoms with E-state index in [-0.39, 0.29) is 5.56 Å². The quantitative estimate of drug-likeness (QED) is 0.755. The minimum Gasteiger partial charge on any atom is -0.314 e. The fraction of sp³-hybridized carbons (Fsp3) is 0.300. The minimum atomic E-state index is -0.154. The molecule has 0 aromatic carbocycles. The molecule has 0 amide bonds. The van der Waals surface area contributed by atoms with Gasteiger partial charge in [0.05, 0.1) is 17.5 Å². The molecule has 2 heterocycles. The maximum absolute atomic E-state index is 11.4. The first-order valence-corrected chi connectivity index (χ1v) is 4.93. The summed E-state index contributed by atoms with van der Waals surface area (Å²) in [6.45, 7) is 0.567. The molecule has 0 aliphatic heterocycles. The number of aromatic nitrogens is 4. The molecule has 0 aliphatic rings. The second kappa shape index (κ2) is 4.28. The van der Waals surface area contributed by atoms with Crippen molar-refractivity contribution in [3.8, 4) is 11.4 Å². The standard InChI is InChI=1S/C10H13N5O/c1-11-5-8-3-9(16)14-10(13-8)7-4-12-15(2)6-7/h3-4,6,11H,5H2,1-2H3,(H,13,14,16). The molecule has 0 unspecified atom stereocenters. The zero-order valence-corrected chi connectivity index (χ0v) is 9.19. The second-order valence-corrected chi connectivity index (χ2v) is 3.52. The monoisotopic (exact) mass is 219 g/mol. The number of aryl methyl sites for hydroxylation is 1. The zero-order chi connectivity index (χ0) is 11.5. The number of H-pyrrole nitrogens is 1. The lowest BCUT2D eigenvalue weighted by Gasteiger charge is -2.01. The smallest absolute Gasteiger partial charge is 0.251 e. The number of nitrogens with one attached hydrogen (secondary N) is 2. The van der Waals surface area contributed by atoms with Crippen molar-refractivity contribution in [1.82, 2.24) is 25.1 Å². The molecule has 6 nitrogen and oxygen atoms in total. The summed E-state index contributed by atoms with van der Waals surface area (Å²) in [7, 11) is 3.63. The Kier molecular flexibility index (Phi) is 2.82. The maximum Gasteiger partial charge on any atom is 0.251 e. The van der Waals surface area contributed by atoms with E-state index in [1.807, 2.05) is 14.1 Å². The van der Waals surface area contributed by atoms with Crippen molar-refractivity contribution in [2.24, 2.45) is 7.05 Å². The summed E-state index contributed by atoms with van der Waals surface area (Å²) in [4.78, 5) is 18.4. The molecule has 0 saturated heterocycles. The van der Waals surface area contributed by atoms with Crippen molar-refractivity contribution >= 4 is 0 Å². The molecule has 2 aromatic heterocycles. The van der Waals surface area contributed by atoms with E-state index in [4.69, 9.17) is 0 Å². The number of rotatable bonds is 3. The van der Waals surface area contributed by atoms with Gasteiger partial charge in [-0.3, -0.25) is 9.48 Å². The van der Waals surface area contributed by atoms with Crippen molar-refractivity contribution < 1.29 is 0 Å². The van der Waals surface area contributed by atoms with Crippen molar-refractivity contribution in [2.45, 2.75) is 6.54 Å². The van der Waals surface area contributed by atoms with E-state index in [1.165, 1.54) is 6.07 Å². The van der Waals surface area contributed by atoms with Crippen molar-refractivity contribution in [3.05, 3.63) is 34.5 Å². The van der Waals surface area contributed by atoms with Gasteiger partial charge in [-0.1, -0.05) is 0 Å². The molecule has 2 aromatic rings. The van der Waals surface area contributed by atoms with Crippen LogP contribution < -0.4 is 10.9 Å². The Morgan fingerprint density at radius 1 is 1.56 bits per heavy atom. The number of hydrogen-bond acceptors (Lipinski definition) is 4. The lowest BCUT2D eigenvalue weighted by atomic mass is 10.3. The molecule has 2 rings (SSSR count). The molecule has 84 valence electrons. The number of hydrogen-bond donors (Lipinski definition) is 2. The van der Waals surface area contributed by atoms with Crippen LogP contribution in [-0.2, 0) is 13.6 Å². The van der Waals surface area contributed by atoms with E-state index in [1.54, 1.807) is 17.1 Å². The third-order valence-corrected chi connectivity index (χ3v) is 2.13. The summed E-state index contributed by atoms with van der Waals surface area (Å²) in [6, 6.07) is 1.48. The first-order valence-electron chi connectivity index (χ1n) is 4.93. The summed E-state index contributed by atoms with van der Waals surface area (Å²) in [5.74, 6) is 0.547. The van der Waals surface area contributed by atoms with Crippen LogP contribution in [0.3, 0.4) is 0 Å². The van der Waals surface area contributed by atoms with Gasteiger partial charge >= 0.3 is 0 Å². The predicted molar refractivity (Wildman–Crippen MR) is 59.8 cm³/mol. The van der Waals surface area contributed by atoms with E-state index in [0.717, 1.165) is 5.56 Å². The molecule has 16 heavy (non-hydrogen) atoms. The van der Waals surface area contributed by atoms with Gasteiger partial charge in [0.2, 0.25) is 0 Å². The van der Waals surface area contributed by atoms with Gasteiger partial charge in [0.25, 0.3) is 5.56 Å². The fourth-order valence-corrected chi connectivity index (χ4v) is 1.46. The predicted octanol–water partition coefficient (Wildman–Crippen LogP) is -0.110. The molecule has 6 heteroatoms. The fourth-order valence-electron chi connectivity index (χ4n) is 1.46. The van der Waals surface area contributed by atoms with E-state index in [0.29, 0.717) is 18.1 Å². The van der Waals surface area contributed by atoms with Crippen LogP contribution in [0.15, 0.2) is 23.3 Å². The van der Waals surface area contributed by atoms with Gasteiger partial charge in [-0.05, 0) is 7.05 Å². The van der Waals surface area contributed by atoms with Crippen LogP contribution in [0.2, 0.25) is 0 Å². The summed E-state index contributed by atoms with van der Waals surface area (Å²) in [5, 5.41) is 7.00. The second-order valence-electron chi connectivity index (χ2n) is 3.52.